The predicted molar refractivity (Wildman–Crippen MR) is 64.2 cm³/mol. The number of amides is 1. The molecule has 0 bridgehead atoms. The third kappa shape index (κ3) is 4.10. The van der Waals surface area contributed by atoms with E-state index in [1.165, 1.54) is 0 Å². The SMILES string of the molecule is CCC(C)(CCO)NC(C)C(=O)NC1CC1. The molecule has 1 saturated carbocycles. The van der Waals surface area contributed by atoms with Crippen LogP contribution in [0.5, 0.6) is 0 Å². The largest absolute Gasteiger partial charge is 0.396 e. The van der Waals surface area contributed by atoms with Gasteiger partial charge in [-0.3, -0.25) is 4.79 Å². The molecule has 1 fully saturated rings. The second kappa shape index (κ2) is 5.64. The summed E-state index contributed by atoms with van der Waals surface area (Å²) in [4.78, 5) is 11.8. The quantitative estimate of drug-likeness (QED) is 0.604. The van der Waals surface area contributed by atoms with Crippen molar-refractivity contribution in [2.75, 3.05) is 6.61 Å². The summed E-state index contributed by atoms with van der Waals surface area (Å²) >= 11 is 0. The molecule has 0 spiro atoms. The first-order valence-electron chi connectivity index (χ1n) is 6.19. The van der Waals surface area contributed by atoms with E-state index in [1.54, 1.807) is 0 Å². The molecule has 4 nitrogen and oxygen atoms in total. The second-order valence-electron chi connectivity index (χ2n) is 5.04. The molecular formula is C12H24N2O2. The first kappa shape index (κ1) is 13.5. The van der Waals surface area contributed by atoms with Crippen molar-refractivity contribution in [3.8, 4) is 0 Å². The van der Waals surface area contributed by atoms with Gasteiger partial charge < -0.3 is 15.7 Å². The fourth-order valence-electron chi connectivity index (χ4n) is 1.74. The highest BCUT2D eigenvalue weighted by Crippen LogP contribution is 2.19. The van der Waals surface area contributed by atoms with Gasteiger partial charge in [-0.25, -0.2) is 0 Å². The van der Waals surface area contributed by atoms with Crippen LogP contribution in [0.15, 0.2) is 0 Å². The van der Waals surface area contributed by atoms with Gasteiger partial charge in [-0.2, -0.15) is 0 Å². The normalized spacial score (nSPS) is 21.2. The molecular weight excluding hydrogens is 204 g/mol. The van der Waals surface area contributed by atoms with Gasteiger partial charge in [0.1, 0.15) is 0 Å². The van der Waals surface area contributed by atoms with E-state index < -0.39 is 0 Å². The minimum absolute atomic E-state index is 0.0696. The lowest BCUT2D eigenvalue weighted by molar-refractivity contribution is -0.123. The molecule has 0 saturated heterocycles. The average molecular weight is 228 g/mol. The molecule has 1 aliphatic rings. The van der Waals surface area contributed by atoms with Crippen LogP contribution in [0.3, 0.4) is 0 Å². The molecule has 1 amide bonds. The van der Waals surface area contributed by atoms with Gasteiger partial charge in [0.15, 0.2) is 0 Å². The number of rotatable bonds is 7. The molecule has 0 aromatic carbocycles. The molecule has 0 aliphatic heterocycles. The smallest absolute Gasteiger partial charge is 0.237 e. The Hall–Kier alpha value is -0.610. The maximum atomic E-state index is 11.8. The lowest BCUT2D eigenvalue weighted by Crippen LogP contribution is -2.53. The summed E-state index contributed by atoms with van der Waals surface area (Å²) in [6.45, 7) is 6.13. The van der Waals surface area contributed by atoms with Crippen LogP contribution < -0.4 is 10.6 Å². The number of carbonyl (C=O) groups excluding carboxylic acids is 1. The van der Waals surface area contributed by atoms with Gasteiger partial charge in [-0.1, -0.05) is 6.92 Å². The zero-order chi connectivity index (χ0) is 12.2. The number of nitrogens with one attached hydrogen (secondary N) is 2. The van der Waals surface area contributed by atoms with Crippen LogP contribution in [-0.2, 0) is 4.79 Å². The molecule has 3 N–H and O–H groups in total. The molecule has 1 aliphatic carbocycles. The Morgan fingerprint density at radius 3 is 2.62 bits per heavy atom. The lowest BCUT2D eigenvalue weighted by atomic mass is 9.94. The molecule has 0 radical (unpaired) electrons. The number of aliphatic hydroxyl groups is 1. The monoisotopic (exact) mass is 228 g/mol. The summed E-state index contributed by atoms with van der Waals surface area (Å²) in [7, 11) is 0. The van der Waals surface area contributed by atoms with Crippen LogP contribution in [0.4, 0.5) is 0 Å². The first-order chi connectivity index (χ1) is 7.50. The van der Waals surface area contributed by atoms with E-state index in [2.05, 4.69) is 17.6 Å². The summed E-state index contributed by atoms with van der Waals surface area (Å²) in [6.07, 6.45) is 3.79. The van der Waals surface area contributed by atoms with E-state index in [1.807, 2.05) is 13.8 Å². The lowest BCUT2D eigenvalue weighted by Gasteiger charge is -2.32. The molecule has 0 heterocycles. The third-order valence-electron chi connectivity index (χ3n) is 3.33. The predicted octanol–water partition coefficient (Wildman–Crippen LogP) is 0.794. The number of aliphatic hydroxyl groups excluding tert-OH is 1. The Morgan fingerprint density at radius 1 is 1.56 bits per heavy atom. The van der Waals surface area contributed by atoms with Crippen LogP contribution in [-0.4, -0.2) is 35.2 Å². The van der Waals surface area contributed by atoms with Gasteiger partial charge in [0.25, 0.3) is 0 Å². The minimum atomic E-state index is -0.197. The van der Waals surface area contributed by atoms with E-state index in [4.69, 9.17) is 5.11 Å². The van der Waals surface area contributed by atoms with Crippen LogP contribution >= 0.6 is 0 Å². The van der Waals surface area contributed by atoms with Crippen molar-refractivity contribution < 1.29 is 9.90 Å². The average Bonchev–Trinajstić information content (AvgIpc) is 3.02. The van der Waals surface area contributed by atoms with Gasteiger partial charge in [0, 0.05) is 18.2 Å². The van der Waals surface area contributed by atoms with Crippen molar-refractivity contribution >= 4 is 5.91 Å². The Bertz CT molecular complexity index is 241. The fourth-order valence-corrected chi connectivity index (χ4v) is 1.74. The van der Waals surface area contributed by atoms with Crippen molar-refractivity contribution in [1.29, 1.82) is 0 Å². The van der Waals surface area contributed by atoms with Crippen molar-refractivity contribution in [2.24, 2.45) is 0 Å². The molecule has 4 heteroatoms. The maximum absolute atomic E-state index is 11.8. The van der Waals surface area contributed by atoms with Crippen molar-refractivity contribution in [3.63, 3.8) is 0 Å². The Morgan fingerprint density at radius 2 is 2.19 bits per heavy atom. The van der Waals surface area contributed by atoms with Gasteiger partial charge in [0.2, 0.25) is 5.91 Å². The van der Waals surface area contributed by atoms with Crippen molar-refractivity contribution in [3.05, 3.63) is 0 Å². The maximum Gasteiger partial charge on any atom is 0.237 e. The molecule has 0 aromatic heterocycles. The molecule has 1 rings (SSSR count). The topological polar surface area (TPSA) is 61.4 Å². The summed E-state index contributed by atoms with van der Waals surface area (Å²) in [5, 5.41) is 15.3. The highest BCUT2D eigenvalue weighted by atomic mass is 16.3. The third-order valence-corrected chi connectivity index (χ3v) is 3.33. The van der Waals surface area contributed by atoms with Crippen LogP contribution in [0, 0.1) is 0 Å². The number of hydrogen-bond donors (Lipinski definition) is 3. The second-order valence-corrected chi connectivity index (χ2v) is 5.04. The molecule has 2 atom stereocenters. The minimum Gasteiger partial charge on any atom is -0.396 e. The number of carbonyl (C=O) groups is 1. The van der Waals surface area contributed by atoms with Gasteiger partial charge in [-0.15, -0.1) is 0 Å². The van der Waals surface area contributed by atoms with E-state index in [-0.39, 0.29) is 24.1 Å². The van der Waals surface area contributed by atoms with E-state index in [0.29, 0.717) is 12.5 Å². The molecule has 16 heavy (non-hydrogen) atoms. The summed E-state index contributed by atoms with van der Waals surface area (Å²) in [6, 6.07) is 0.208. The van der Waals surface area contributed by atoms with Crippen LogP contribution in [0.2, 0.25) is 0 Å². The van der Waals surface area contributed by atoms with Gasteiger partial charge in [0.05, 0.1) is 6.04 Å². The Kier molecular flexibility index (Phi) is 4.74. The van der Waals surface area contributed by atoms with Crippen LogP contribution in [0.25, 0.3) is 0 Å². The highest BCUT2D eigenvalue weighted by molar-refractivity contribution is 5.81. The standard InChI is InChI=1S/C12H24N2O2/c1-4-12(3,7-8-15)14-9(2)11(16)13-10-5-6-10/h9-10,14-15H,4-8H2,1-3H3,(H,13,16). The highest BCUT2D eigenvalue weighted by Gasteiger charge is 2.29. The van der Waals surface area contributed by atoms with Crippen molar-refractivity contribution in [1.82, 2.24) is 10.6 Å². The van der Waals surface area contributed by atoms with E-state index in [0.717, 1.165) is 19.3 Å². The van der Waals surface area contributed by atoms with Crippen LogP contribution in [0.1, 0.15) is 46.5 Å². The van der Waals surface area contributed by atoms with Gasteiger partial charge >= 0.3 is 0 Å². The fraction of sp³-hybridized carbons (Fsp3) is 0.917. The first-order valence-corrected chi connectivity index (χ1v) is 6.19. The van der Waals surface area contributed by atoms with Gasteiger partial charge in [-0.05, 0) is 39.5 Å². The zero-order valence-corrected chi connectivity index (χ0v) is 10.5. The molecule has 2 unspecified atom stereocenters. The Labute approximate surface area is 97.8 Å². The molecule has 0 aromatic rings. The van der Waals surface area contributed by atoms with E-state index >= 15 is 0 Å². The molecule has 94 valence electrons. The zero-order valence-electron chi connectivity index (χ0n) is 10.5. The van der Waals surface area contributed by atoms with E-state index in [9.17, 15) is 4.79 Å². The van der Waals surface area contributed by atoms with Crippen molar-refractivity contribution in [2.45, 2.75) is 64.1 Å². The summed E-state index contributed by atoms with van der Waals surface area (Å²) in [5.74, 6) is 0.0696. The Balaban J connectivity index is 2.39. The number of hydrogen-bond acceptors (Lipinski definition) is 3. The summed E-state index contributed by atoms with van der Waals surface area (Å²) < 4.78 is 0. The summed E-state index contributed by atoms with van der Waals surface area (Å²) in [5.41, 5.74) is -0.158.